The van der Waals surface area contributed by atoms with Crippen molar-refractivity contribution in [1.82, 2.24) is 0 Å². The molecule has 0 aliphatic carbocycles. The summed E-state index contributed by atoms with van der Waals surface area (Å²) in [6.07, 6.45) is -0.727. The maximum absolute atomic E-state index is 12.8. The molecule has 0 fully saturated rings. The second-order valence-corrected chi connectivity index (χ2v) is 4.17. The summed E-state index contributed by atoms with van der Waals surface area (Å²) >= 11 is 1.55. The van der Waals surface area contributed by atoms with Crippen molar-refractivity contribution < 1.29 is 13.9 Å². The van der Waals surface area contributed by atoms with Gasteiger partial charge in [0.2, 0.25) is 0 Å². The highest BCUT2D eigenvalue weighted by molar-refractivity contribution is 7.99. The molecule has 0 saturated heterocycles. The van der Waals surface area contributed by atoms with E-state index in [0.717, 1.165) is 17.9 Å². The molecule has 0 amide bonds. The summed E-state index contributed by atoms with van der Waals surface area (Å²) in [6.45, 7) is 1.97. The molecular weight excluding hydrogens is 206 g/mol. The first-order valence-electron chi connectivity index (χ1n) is 4.36. The molecule has 78 valence electrons. The van der Waals surface area contributed by atoms with E-state index >= 15 is 0 Å². The van der Waals surface area contributed by atoms with E-state index in [1.54, 1.807) is 11.8 Å². The van der Waals surface area contributed by atoms with Crippen molar-refractivity contribution in [3.8, 4) is 0 Å². The summed E-state index contributed by atoms with van der Waals surface area (Å²) in [5.74, 6) is -0.408. The third-order valence-electron chi connectivity index (χ3n) is 1.81. The van der Waals surface area contributed by atoms with Crippen LogP contribution >= 0.6 is 11.8 Å². The number of halogens is 2. The van der Waals surface area contributed by atoms with Crippen LogP contribution in [0.5, 0.6) is 0 Å². The lowest BCUT2D eigenvalue weighted by Crippen LogP contribution is -2.02. The molecule has 0 spiro atoms. The van der Waals surface area contributed by atoms with Gasteiger partial charge in [0.1, 0.15) is 0 Å². The molecule has 1 atom stereocenters. The van der Waals surface area contributed by atoms with Gasteiger partial charge in [-0.1, -0.05) is 13.0 Å². The van der Waals surface area contributed by atoms with Gasteiger partial charge in [0, 0.05) is 5.75 Å². The first-order chi connectivity index (χ1) is 6.65. The van der Waals surface area contributed by atoms with Gasteiger partial charge < -0.3 is 5.11 Å². The zero-order chi connectivity index (χ0) is 10.6. The predicted molar refractivity (Wildman–Crippen MR) is 54.3 cm³/mol. The highest BCUT2D eigenvalue weighted by Crippen LogP contribution is 2.19. The molecule has 14 heavy (non-hydrogen) atoms. The summed E-state index contributed by atoms with van der Waals surface area (Å²) in [5, 5.41) is 9.56. The molecule has 1 N–H and O–H groups in total. The Hall–Kier alpha value is -0.610. The smallest absolute Gasteiger partial charge is 0.159 e. The quantitative estimate of drug-likeness (QED) is 0.838. The van der Waals surface area contributed by atoms with Gasteiger partial charge in [-0.3, -0.25) is 0 Å². The summed E-state index contributed by atoms with van der Waals surface area (Å²) in [6, 6.07) is 3.47. The van der Waals surface area contributed by atoms with Crippen molar-refractivity contribution in [3.63, 3.8) is 0 Å². The molecule has 1 nitrogen and oxygen atoms in total. The molecule has 1 aromatic carbocycles. The SMILES string of the molecule is CCSCC(O)c1ccc(F)c(F)c1. The van der Waals surface area contributed by atoms with Gasteiger partial charge in [-0.25, -0.2) is 8.78 Å². The van der Waals surface area contributed by atoms with Crippen LogP contribution in [0.4, 0.5) is 8.78 Å². The van der Waals surface area contributed by atoms with E-state index in [-0.39, 0.29) is 0 Å². The third-order valence-corrected chi connectivity index (χ3v) is 2.77. The molecule has 0 aliphatic heterocycles. The highest BCUT2D eigenvalue weighted by Gasteiger charge is 2.10. The van der Waals surface area contributed by atoms with Crippen LogP contribution in [-0.4, -0.2) is 16.6 Å². The second kappa shape index (κ2) is 5.32. The molecule has 4 heteroatoms. The van der Waals surface area contributed by atoms with Gasteiger partial charge >= 0.3 is 0 Å². The fraction of sp³-hybridized carbons (Fsp3) is 0.400. The van der Waals surface area contributed by atoms with Crippen molar-refractivity contribution in [2.75, 3.05) is 11.5 Å². The van der Waals surface area contributed by atoms with E-state index in [4.69, 9.17) is 0 Å². The first kappa shape index (κ1) is 11.5. The molecule has 1 unspecified atom stereocenters. The maximum Gasteiger partial charge on any atom is 0.159 e. The van der Waals surface area contributed by atoms with Crippen LogP contribution in [0.3, 0.4) is 0 Å². The highest BCUT2D eigenvalue weighted by atomic mass is 32.2. The number of thioether (sulfide) groups is 1. The van der Waals surface area contributed by atoms with Crippen molar-refractivity contribution >= 4 is 11.8 Å². The molecule has 0 aromatic heterocycles. The van der Waals surface area contributed by atoms with Crippen molar-refractivity contribution in [1.29, 1.82) is 0 Å². The molecule has 0 aliphatic rings. The molecule has 1 rings (SSSR count). The van der Waals surface area contributed by atoms with Gasteiger partial charge in [-0.2, -0.15) is 11.8 Å². The summed E-state index contributed by atoms with van der Waals surface area (Å²) in [7, 11) is 0. The average molecular weight is 218 g/mol. The minimum Gasteiger partial charge on any atom is -0.388 e. The monoisotopic (exact) mass is 218 g/mol. The Kier molecular flexibility index (Phi) is 4.35. The van der Waals surface area contributed by atoms with Crippen LogP contribution in [0.25, 0.3) is 0 Å². The molecule has 1 aromatic rings. The second-order valence-electron chi connectivity index (χ2n) is 2.85. The third kappa shape index (κ3) is 2.96. The fourth-order valence-corrected chi connectivity index (χ4v) is 1.70. The van der Waals surface area contributed by atoms with Gasteiger partial charge in [0.05, 0.1) is 6.10 Å². The number of hydrogen-bond donors (Lipinski definition) is 1. The van der Waals surface area contributed by atoms with Gasteiger partial charge in [0.15, 0.2) is 11.6 Å². The summed E-state index contributed by atoms with van der Waals surface area (Å²) in [4.78, 5) is 0. The average Bonchev–Trinajstić information content (AvgIpc) is 2.18. The van der Waals surface area contributed by atoms with Gasteiger partial charge in [0.25, 0.3) is 0 Å². The Labute approximate surface area is 86.1 Å². The Balaban J connectivity index is 2.70. The number of rotatable bonds is 4. The van der Waals surface area contributed by atoms with Crippen LogP contribution in [0.2, 0.25) is 0 Å². The predicted octanol–water partition coefficient (Wildman–Crippen LogP) is 2.75. The van der Waals surface area contributed by atoms with Crippen molar-refractivity contribution in [3.05, 3.63) is 35.4 Å². The molecule has 0 radical (unpaired) electrons. The van der Waals surface area contributed by atoms with Crippen LogP contribution < -0.4 is 0 Å². The zero-order valence-corrected chi connectivity index (χ0v) is 8.65. The topological polar surface area (TPSA) is 20.2 Å². The van der Waals surface area contributed by atoms with E-state index in [2.05, 4.69) is 0 Å². The molecule has 0 saturated carbocycles. The minimum atomic E-state index is -0.914. The zero-order valence-electron chi connectivity index (χ0n) is 7.84. The van der Waals surface area contributed by atoms with Crippen LogP contribution in [0.15, 0.2) is 18.2 Å². The lowest BCUT2D eigenvalue weighted by atomic mass is 10.1. The molecule has 0 heterocycles. The first-order valence-corrected chi connectivity index (χ1v) is 5.51. The standard InChI is InChI=1S/C10H12F2OS/c1-2-14-6-10(13)7-3-4-8(11)9(12)5-7/h3-5,10,13H,2,6H2,1H3. The summed E-state index contributed by atoms with van der Waals surface area (Å²) < 4.78 is 25.3. The lowest BCUT2D eigenvalue weighted by molar-refractivity contribution is 0.203. The van der Waals surface area contributed by atoms with Crippen LogP contribution in [0, 0.1) is 11.6 Å². The Morgan fingerprint density at radius 1 is 1.36 bits per heavy atom. The molecular formula is C10H12F2OS. The maximum atomic E-state index is 12.8. The Bertz CT molecular complexity index is 304. The van der Waals surface area contributed by atoms with E-state index < -0.39 is 17.7 Å². The number of hydrogen-bond acceptors (Lipinski definition) is 2. The van der Waals surface area contributed by atoms with Crippen LogP contribution in [0.1, 0.15) is 18.6 Å². The van der Waals surface area contributed by atoms with Gasteiger partial charge in [-0.05, 0) is 23.4 Å². The van der Waals surface area contributed by atoms with E-state index in [1.165, 1.54) is 6.07 Å². The largest absolute Gasteiger partial charge is 0.388 e. The summed E-state index contributed by atoms with van der Waals surface area (Å²) in [5.41, 5.74) is 0.421. The number of aliphatic hydroxyl groups excluding tert-OH is 1. The van der Waals surface area contributed by atoms with E-state index in [9.17, 15) is 13.9 Å². The van der Waals surface area contributed by atoms with Crippen LogP contribution in [-0.2, 0) is 0 Å². The van der Waals surface area contributed by atoms with E-state index in [0.29, 0.717) is 11.3 Å². The van der Waals surface area contributed by atoms with Crippen molar-refractivity contribution in [2.45, 2.75) is 13.0 Å². The fourth-order valence-electron chi connectivity index (χ4n) is 1.05. The van der Waals surface area contributed by atoms with E-state index in [1.807, 2.05) is 6.92 Å². The normalized spacial score (nSPS) is 12.9. The number of aliphatic hydroxyl groups is 1. The number of benzene rings is 1. The lowest BCUT2D eigenvalue weighted by Gasteiger charge is -2.09. The Morgan fingerprint density at radius 3 is 2.64 bits per heavy atom. The van der Waals surface area contributed by atoms with Crippen molar-refractivity contribution in [2.24, 2.45) is 0 Å². The minimum absolute atomic E-state index is 0.421. The van der Waals surface area contributed by atoms with Gasteiger partial charge in [-0.15, -0.1) is 0 Å². The molecule has 0 bridgehead atoms. The Morgan fingerprint density at radius 2 is 2.07 bits per heavy atom.